The van der Waals surface area contributed by atoms with Gasteiger partial charge < -0.3 is 19.9 Å². The predicted octanol–water partition coefficient (Wildman–Crippen LogP) is 1.04. The Balaban J connectivity index is 1.29. The van der Waals surface area contributed by atoms with Gasteiger partial charge in [-0.25, -0.2) is 4.98 Å². The van der Waals surface area contributed by atoms with Crippen LogP contribution in [0.15, 0.2) is 36.5 Å². The van der Waals surface area contributed by atoms with Crippen LogP contribution < -0.4 is 5.32 Å². The number of aliphatic hydroxyl groups excluding tert-OH is 1. The number of fused-ring (bicyclic) bond motifs is 1. The number of para-hydroxylation sites is 2. The largest absolute Gasteiger partial charge is 0.391 e. The molecule has 2 aromatic heterocycles. The van der Waals surface area contributed by atoms with Gasteiger partial charge >= 0.3 is 0 Å². The fourth-order valence-electron chi connectivity index (χ4n) is 4.42. The van der Waals surface area contributed by atoms with Gasteiger partial charge in [-0.1, -0.05) is 12.1 Å². The van der Waals surface area contributed by atoms with E-state index in [0.717, 1.165) is 29.7 Å². The zero-order valence-electron chi connectivity index (χ0n) is 17.4. The van der Waals surface area contributed by atoms with Crippen molar-refractivity contribution in [3.63, 3.8) is 0 Å². The van der Waals surface area contributed by atoms with E-state index in [2.05, 4.69) is 10.4 Å². The summed E-state index contributed by atoms with van der Waals surface area (Å²) in [6.45, 7) is 0.774. The van der Waals surface area contributed by atoms with Gasteiger partial charge in [0.15, 0.2) is 0 Å². The van der Waals surface area contributed by atoms with Gasteiger partial charge in [-0.05, 0) is 37.5 Å². The number of rotatable bonds is 5. The van der Waals surface area contributed by atoms with Gasteiger partial charge in [0.1, 0.15) is 18.1 Å². The van der Waals surface area contributed by atoms with Gasteiger partial charge in [0, 0.05) is 38.3 Å². The fraction of sp³-hybridized carbons (Fsp3) is 0.455. The van der Waals surface area contributed by atoms with Crippen molar-refractivity contribution in [1.82, 2.24) is 29.5 Å². The van der Waals surface area contributed by atoms with Crippen LogP contribution in [0.3, 0.4) is 0 Å². The van der Waals surface area contributed by atoms with Gasteiger partial charge in [0.2, 0.25) is 5.91 Å². The van der Waals surface area contributed by atoms with Crippen LogP contribution in [0.2, 0.25) is 0 Å². The van der Waals surface area contributed by atoms with Gasteiger partial charge in [-0.3, -0.25) is 14.3 Å². The number of likely N-dealkylation sites (tertiary alicyclic amines) is 1. The van der Waals surface area contributed by atoms with Gasteiger partial charge in [0.25, 0.3) is 5.91 Å². The number of aromatic nitrogens is 4. The highest BCUT2D eigenvalue weighted by Crippen LogP contribution is 2.40. The van der Waals surface area contributed by atoms with Crippen LogP contribution in [0, 0.1) is 0 Å². The lowest BCUT2D eigenvalue weighted by Gasteiger charge is -2.36. The number of hydrogen-bond acceptors (Lipinski definition) is 5. The van der Waals surface area contributed by atoms with E-state index in [0.29, 0.717) is 24.6 Å². The molecule has 31 heavy (non-hydrogen) atoms. The van der Waals surface area contributed by atoms with Crippen LogP contribution >= 0.6 is 0 Å². The maximum absolute atomic E-state index is 12.9. The molecule has 162 valence electrons. The number of aryl methyl sites for hydroxylation is 1. The van der Waals surface area contributed by atoms with Gasteiger partial charge in [0.05, 0.1) is 17.1 Å². The van der Waals surface area contributed by atoms with Crippen molar-refractivity contribution in [2.45, 2.75) is 43.9 Å². The number of nitrogens with zero attached hydrogens (tertiary/aromatic N) is 5. The maximum Gasteiger partial charge on any atom is 0.272 e. The summed E-state index contributed by atoms with van der Waals surface area (Å²) in [5.41, 5.74) is 2.31. The highest BCUT2D eigenvalue weighted by Gasteiger charge is 2.33. The van der Waals surface area contributed by atoms with Crippen LogP contribution in [0.4, 0.5) is 0 Å². The molecule has 1 saturated carbocycles. The smallest absolute Gasteiger partial charge is 0.272 e. The second-order valence-corrected chi connectivity index (χ2v) is 8.52. The maximum atomic E-state index is 12.9. The quantitative estimate of drug-likeness (QED) is 0.639. The molecule has 9 nitrogen and oxygen atoms in total. The summed E-state index contributed by atoms with van der Waals surface area (Å²) in [5, 5.41) is 17.4. The number of benzene rings is 1. The molecule has 2 amide bonds. The van der Waals surface area contributed by atoms with E-state index in [1.807, 2.05) is 28.8 Å². The molecule has 2 atom stereocenters. The SMILES string of the molecule is Cn1nccc1C(=O)N1C[C@H](O)C[C@H](NC(=O)Cn2c(C3CC3)nc3ccccc32)C1. The topological polar surface area (TPSA) is 105 Å². The third kappa shape index (κ3) is 3.93. The number of amides is 2. The lowest BCUT2D eigenvalue weighted by molar-refractivity contribution is -0.123. The van der Waals surface area contributed by atoms with E-state index in [1.165, 1.54) is 4.68 Å². The number of carbonyl (C=O) groups excluding carboxylic acids is 2. The fourth-order valence-corrected chi connectivity index (χ4v) is 4.42. The molecule has 3 aromatic rings. The molecule has 2 aliphatic rings. The Kier molecular flexibility index (Phi) is 4.97. The van der Waals surface area contributed by atoms with E-state index in [4.69, 9.17) is 4.98 Å². The summed E-state index contributed by atoms with van der Waals surface area (Å²) in [4.78, 5) is 32.1. The molecule has 1 aliphatic heterocycles. The first-order valence-electron chi connectivity index (χ1n) is 10.7. The highest BCUT2D eigenvalue weighted by molar-refractivity contribution is 5.92. The minimum atomic E-state index is -0.688. The van der Waals surface area contributed by atoms with Crippen molar-refractivity contribution >= 4 is 22.8 Å². The van der Waals surface area contributed by atoms with Crippen LogP contribution in [0.1, 0.15) is 41.5 Å². The van der Waals surface area contributed by atoms with E-state index >= 15 is 0 Å². The van der Waals surface area contributed by atoms with Crippen LogP contribution in [0.25, 0.3) is 11.0 Å². The minimum absolute atomic E-state index is 0.142. The number of β-amino-alcohol motifs (C(OH)–C–C–N with tert-alkyl or cyclic N) is 1. The Morgan fingerprint density at radius 3 is 2.74 bits per heavy atom. The zero-order chi connectivity index (χ0) is 21.5. The van der Waals surface area contributed by atoms with Crippen LogP contribution in [-0.2, 0) is 18.4 Å². The Bertz CT molecular complexity index is 1130. The third-order valence-corrected chi connectivity index (χ3v) is 6.05. The first-order chi connectivity index (χ1) is 15.0. The molecule has 1 aliphatic carbocycles. The molecule has 0 bridgehead atoms. The van der Waals surface area contributed by atoms with Gasteiger partial charge in [-0.2, -0.15) is 5.10 Å². The number of nitrogens with one attached hydrogen (secondary N) is 1. The molecule has 2 N–H and O–H groups in total. The van der Waals surface area contributed by atoms with Crippen molar-refractivity contribution in [3.8, 4) is 0 Å². The number of carbonyl (C=O) groups is 2. The van der Waals surface area contributed by atoms with Gasteiger partial charge in [-0.15, -0.1) is 0 Å². The summed E-state index contributed by atoms with van der Waals surface area (Å²) in [6, 6.07) is 9.20. The molecule has 1 aromatic carbocycles. The Morgan fingerprint density at radius 2 is 2.00 bits per heavy atom. The van der Waals surface area contributed by atoms with E-state index in [-0.39, 0.29) is 30.9 Å². The molecule has 9 heteroatoms. The van der Waals surface area contributed by atoms with Crippen LogP contribution in [0.5, 0.6) is 0 Å². The summed E-state index contributed by atoms with van der Waals surface area (Å²) in [6.07, 6.45) is 3.50. The first kappa shape index (κ1) is 19.7. The molecule has 3 heterocycles. The third-order valence-electron chi connectivity index (χ3n) is 6.05. The van der Waals surface area contributed by atoms with E-state index < -0.39 is 6.10 Å². The predicted molar refractivity (Wildman–Crippen MR) is 113 cm³/mol. The summed E-state index contributed by atoms with van der Waals surface area (Å²) < 4.78 is 3.51. The summed E-state index contributed by atoms with van der Waals surface area (Å²) in [5.74, 6) is 1.04. The molecular formula is C22H26N6O3. The first-order valence-corrected chi connectivity index (χ1v) is 10.7. The monoisotopic (exact) mass is 422 g/mol. The Morgan fingerprint density at radius 1 is 1.19 bits per heavy atom. The summed E-state index contributed by atoms with van der Waals surface area (Å²) in [7, 11) is 1.71. The summed E-state index contributed by atoms with van der Waals surface area (Å²) >= 11 is 0. The standard InChI is InChI=1S/C22H26N6O3/c1-26-19(8-9-23-26)22(31)27-11-15(10-16(29)12-27)24-20(30)13-28-18-5-3-2-4-17(18)25-21(28)14-6-7-14/h2-5,8-9,14-16,29H,6-7,10-13H2,1H3,(H,24,30)/t15-,16+/m0/s1. The average Bonchev–Trinajstić information content (AvgIpc) is 3.40. The molecule has 5 rings (SSSR count). The number of piperidine rings is 1. The molecule has 0 unspecified atom stereocenters. The minimum Gasteiger partial charge on any atom is -0.391 e. The Labute approximate surface area is 179 Å². The lowest BCUT2D eigenvalue weighted by atomic mass is 10.0. The van der Waals surface area contributed by atoms with E-state index in [9.17, 15) is 14.7 Å². The number of imidazole rings is 1. The van der Waals surface area contributed by atoms with E-state index in [1.54, 1.807) is 24.2 Å². The molecule has 0 radical (unpaired) electrons. The van der Waals surface area contributed by atoms with Crippen molar-refractivity contribution in [3.05, 3.63) is 48.0 Å². The molecule has 2 fully saturated rings. The molecule has 0 spiro atoms. The Hall–Kier alpha value is -3.20. The van der Waals surface area contributed by atoms with Crippen molar-refractivity contribution in [1.29, 1.82) is 0 Å². The second kappa shape index (κ2) is 7.81. The zero-order valence-corrected chi connectivity index (χ0v) is 17.4. The lowest BCUT2D eigenvalue weighted by Crippen LogP contribution is -2.54. The molecular weight excluding hydrogens is 396 g/mol. The van der Waals surface area contributed by atoms with Crippen LogP contribution in [-0.4, -0.2) is 66.4 Å². The molecule has 1 saturated heterocycles. The normalized spacial score (nSPS) is 21.4. The highest BCUT2D eigenvalue weighted by atomic mass is 16.3. The second-order valence-electron chi connectivity index (χ2n) is 8.52. The van der Waals surface area contributed by atoms with Crippen molar-refractivity contribution in [2.24, 2.45) is 7.05 Å². The number of aliphatic hydroxyl groups is 1. The number of hydrogen-bond donors (Lipinski definition) is 2. The van der Waals surface area contributed by atoms with Crippen molar-refractivity contribution < 1.29 is 14.7 Å². The van der Waals surface area contributed by atoms with Crippen molar-refractivity contribution in [2.75, 3.05) is 13.1 Å². The average molecular weight is 422 g/mol.